The molecule has 0 fully saturated rings. The van der Waals surface area contributed by atoms with Gasteiger partial charge < -0.3 is 20.0 Å². The van der Waals surface area contributed by atoms with E-state index in [1.165, 1.54) is 5.32 Å². The van der Waals surface area contributed by atoms with E-state index in [4.69, 9.17) is 11.6 Å². The Bertz CT molecular complexity index is 578. The minimum Gasteiger partial charge on any atom is -0.545 e. The minimum absolute atomic E-state index is 0.338. The lowest BCUT2D eigenvalue weighted by atomic mass is 10.1. The lowest BCUT2D eigenvalue weighted by molar-refractivity contribution is -0.305. The number of alkyl halides is 4. The first-order chi connectivity index (χ1) is 9.54. The van der Waals surface area contributed by atoms with Crippen LogP contribution >= 0.6 is 11.6 Å². The molecule has 0 spiro atoms. The first kappa shape index (κ1) is 17.2. The normalized spacial score (nSPS) is 14.4. The number of carboxylic acids is 1. The van der Waals surface area contributed by atoms with Crippen molar-refractivity contribution in [1.29, 1.82) is 0 Å². The molecule has 0 aliphatic rings. The van der Waals surface area contributed by atoms with E-state index in [1.807, 2.05) is 0 Å². The standard InChI is InChI=1S/C11H8ClF4NO4/c1-21-10(13,11(14,15)16)9(20)17-6-4-2-3-5(12)7(6)8(18)19/h2-4H,1H3,(H,17,20)(H,18,19)/p-1/t10-/m0/s1. The summed E-state index contributed by atoms with van der Waals surface area (Å²) in [5.41, 5.74) is -1.44. The molecule has 0 aliphatic carbocycles. The summed E-state index contributed by atoms with van der Waals surface area (Å²) in [6.07, 6.45) is -5.66. The van der Waals surface area contributed by atoms with Crippen molar-refractivity contribution in [3.05, 3.63) is 28.8 Å². The number of anilines is 1. The third kappa shape index (κ3) is 3.24. The largest absolute Gasteiger partial charge is 0.545 e. The molecule has 0 aromatic heterocycles. The second-order valence-electron chi connectivity index (χ2n) is 3.70. The highest BCUT2D eigenvalue weighted by atomic mass is 35.5. The summed E-state index contributed by atoms with van der Waals surface area (Å²) in [6.45, 7) is 0. The number of hydrogen-bond donors (Lipinski definition) is 1. The summed E-state index contributed by atoms with van der Waals surface area (Å²) in [6, 6.07) is 3.16. The number of carbonyl (C=O) groups excluding carboxylic acids is 2. The van der Waals surface area contributed by atoms with E-state index >= 15 is 0 Å². The third-order valence-electron chi connectivity index (χ3n) is 2.40. The van der Waals surface area contributed by atoms with Gasteiger partial charge in [-0.15, -0.1) is 0 Å². The van der Waals surface area contributed by atoms with Crippen LogP contribution in [-0.4, -0.2) is 31.0 Å². The number of carbonyl (C=O) groups is 2. The van der Waals surface area contributed by atoms with Gasteiger partial charge in [-0.05, 0) is 12.1 Å². The Morgan fingerprint density at radius 2 is 1.86 bits per heavy atom. The Morgan fingerprint density at radius 1 is 1.29 bits per heavy atom. The fraction of sp³-hybridized carbons (Fsp3) is 0.273. The summed E-state index contributed by atoms with van der Waals surface area (Å²) in [4.78, 5) is 22.3. The minimum atomic E-state index is -5.66. The van der Waals surface area contributed by atoms with Crippen molar-refractivity contribution in [2.45, 2.75) is 12.0 Å². The molecule has 5 nitrogen and oxygen atoms in total. The number of methoxy groups -OCH3 is 1. The Kier molecular flexibility index (Phi) is 4.79. The Labute approximate surface area is 120 Å². The monoisotopic (exact) mass is 328 g/mol. The van der Waals surface area contributed by atoms with Crippen LogP contribution in [-0.2, 0) is 9.53 Å². The molecule has 21 heavy (non-hydrogen) atoms. The zero-order valence-electron chi connectivity index (χ0n) is 10.3. The van der Waals surface area contributed by atoms with Crippen molar-refractivity contribution in [2.24, 2.45) is 0 Å². The summed E-state index contributed by atoms with van der Waals surface area (Å²) >= 11 is 5.53. The van der Waals surface area contributed by atoms with Crippen molar-refractivity contribution in [2.75, 3.05) is 12.4 Å². The van der Waals surface area contributed by atoms with Gasteiger partial charge in [-0.3, -0.25) is 4.79 Å². The number of amides is 1. The number of halogens is 5. The Balaban J connectivity index is 3.21. The van der Waals surface area contributed by atoms with Crippen molar-refractivity contribution in [1.82, 2.24) is 0 Å². The van der Waals surface area contributed by atoms with Crippen LogP contribution in [0.3, 0.4) is 0 Å². The molecular formula is C11H7ClF4NO4-. The highest BCUT2D eigenvalue weighted by molar-refractivity contribution is 6.34. The molecular weight excluding hydrogens is 322 g/mol. The maximum Gasteiger partial charge on any atom is 0.458 e. The molecule has 0 saturated carbocycles. The van der Waals surface area contributed by atoms with Gasteiger partial charge in [-0.1, -0.05) is 17.7 Å². The second-order valence-corrected chi connectivity index (χ2v) is 4.11. The molecule has 1 aromatic rings. The molecule has 1 rings (SSSR count). The fourth-order valence-electron chi connectivity index (χ4n) is 1.38. The predicted molar refractivity (Wildman–Crippen MR) is 61.3 cm³/mol. The first-order valence-corrected chi connectivity index (χ1v) is 5.54. The van der Waals surface area contributed by atoms with Crippen LogP contribution in [0.1, 0.15) is 10.4 Å². The van der Waals surface area contributed by atoms with Gasteiger partial charge >= 0.3 is 12.0 Å². The number of ether oxygens (including phenoxy) is 1. The topological polar surface area (TPSA) is 78.5 Å². The number of hydrogen-bond acceptors (Lipinski definition) is 4. The van der Waals surface area contributed by atoms with Crippen LogP contribution in [0, 0.1) is 0 Å². The molecule has 1 atom stereocenters. The average molecular weight is 329 g/mol. The summed E-state index contributed by atoms with van der Waals surface area (Å²) in [5, 5.41) is 11.9. The van der Waals surface area contributed by atoms with Crippen LogP contribution < -0.4 is 10.4 Å². The molecule has 0 aliphatic heterocycles. The van der Waals surface area contributed by atoms with Gasteiger partial charge in [0.15, 0.2) is 0 Å². The number of aromatic carboxylic acids is 1. The van der Waals surface area contributed by atoms with E-state index in [9.17, 15) is 32.3 Å². The summed E-state index contributed by atoms with van der Waals surface area (Å²) in [7, 11) is 0.338. The molecule has 0 heterocycles. The maximum absolute atomic E-state index is 13.6. The van der Waals surface area contributed by atoms with Crippen molar-refractivity contribution < 1.29 is 37.0 Å². The van der Waals surface area contributed by atoms with Crippen molar-refractivity contribution in [3.63, 3.8) is 0 Å². The molecule has 1 amide bonds. The lowest BCUT2D eigenvalue weighted by Gasteiger charge is -2.25. The average Bonchev–Trinajstić information content (AvgIpc) is 2.35. The van der Waals surface area contributed by atoms with E-state index in [0.717, 1.165) is 18.2 Å². The molecule has 0 saturated heterocycles. The molecule has 116 valence electrons. The predicted octanol–water partition coefficient (Wildman–Crippen LogP) is 1.52. The quantitative estimate of drug-likeness (QED) is 0.850. The molecule has 10 heteroatoms. The van der Waals surface area contributed by atoms with Crippen LogP contribution in [0.4, 0.5) is 23.2 Å². The zero-order valence-corrected chi connectivity index (χ0v) is 11.0. The van der Waals surface area contributed by atoms with Gasteiger partial charge in [0.25, 0.3) is 5.91 Å². The van der Waals surface area contributed by atoms with E-state index in [0.29, 0.717) is 7.11 Å². The van der Waals surface area contributed by atoms with Gasteiger partial charge in [0.1, 0.15) is 0 Å². The first-order valence-electron chi connectivity index (χ1n) is 5.16. The fourth-order valence-corrected chi connectivity index (χ4v) is 1.63. The van der Waals surface area contributed by atoms with Crippen molar-refractivity contribution >= 4 is 29.2 Å². The van der Waals surface area contributed by atoms with E-state index in [-0.39, 0.29) is 0 Å². The molecule has 0 radical (unpaired) electrons. The molecule has 1 aromatic carbocycles. The third-order valence-corrected chi connectivity index (χ3v) is 2.72. The van der Waals surface area contributed by atoms with E-state index in [2.05, 4.69) is 4.74 Å². The van der Waals surface area contributed by atoms with Gasteiger partial charge in [0.2, 0.25) is 0 Å². The number of rotatable bonds is 4. The Hall–Kier alpha value is -1.87. The maximum atomic E-state index is 13.6. The van der Waals surface area contributed by atoms with E-state index < -0.39 is 40.2 Å². The highest BCUT2D eigenvalue weighted by Crippen LogP contribution is 2.36. The van der Waals surface area contributed by atoms with Gasteiger partial charge in [0, 0.05) is 12.7 Å². The summed E-state index contributed by atoms with van der Waals surface area (Å²) in [5.74, 6) is -8.74. The number of nitrogens with one attached hydrogen (secondary N) is 1. The van der Waals surface area contributed by atoms with Gasteiger partial charge in [0.05, 0.1) is 16.7 Å². The smallest absolute Gasteiger partial charge is 0.458 e. The highest BCUT2D eigenvalue weighted by Gasteiger charge is 2.63. The molecule has 1 N–H and O–H groups in total. The van der Waals surface area contributed by atoms with Crippen LogP contribution in [0.5, 0.6) is 0 Å². The number of carboxylic acid groups (broad SMARTS) is 1. The van der Waals surface area contributed by atoms with Crippen LogP contribution in [0.2, 0.25) is 5.02 Å². The van der Waals surface area contributed by atoms with Crippen LogP contribution in [0.25, 0.3) is 0 Å². The summed E-state index contributed by atoms with van der Waals surface area (Å²) < 4.78 is 54.6. The lowest BCUT2D eigenvalue weighted by Crippen LogP contribution is -2.52. The van der Waals surface area contributed by atoms with Gasteiger partial charge in [-0.2, -0.15) is 17.6 Å². The second kappa shape index (κ2) is 5.86. The molecule has 0 bridgehead atoms. The molecule has 0 unspecified atom stereocenters. The number of benzene rings is 1. The van der Waals surface area contributed by atoms with Crippen LogP contribution in [0.15, 0.2) is 18.2 Å². The van der Waals surface area contributed by atoms with Gasteiger partial charge in [-0.25, -0.2) is 0 Å². The SMILES string of the molecule is CO[C@@](F)(C(=O)Nc1cccc(Cl)c1C(=O)[O-])C(F)(F)F. The van der Waals surface area contributed by atoms with Crippen molar-refractivity contribution in [3.8, 4) is 0 Å². The Morgan fingerprint density at radius 3 is 2.29 bits per heavy atom. The van der Waals surface area contributed by atoms with E-state index in [1.54, 1.807) is 0 Å². The zero-order chi connectivity index (χ0) is 16.4.